The standard InChI is InChI=1S/C38H33I2N3O3/c1-5-45-35-17-24(4)31(20-30(35)23(2)3)37-42-34-16-9-8-15-29(34)38(44)43(37)41-21-25-18-32(39)36(33(40)19-25)46-22-27-13-10-12-26-11-6-7-14-28(26)27/h6-21,23H,5,22H2,1-4H3. The summed E-state index contributed by atoms with van der Waals surface area (Å²) in [6.45, 7) is 9.30. The predicted octanol–water partition coefficient (Wildman–Crippen LogP) is 9.72. The van der Waals surface area contributed by atoms with Gasteiger partial charge in [0.25, 0.3) is 5.56 Å². The van der Waals surface area contributed by atoms with Crippen molar-refractivity contribution in [2.75, 3.05) is 6.61 Å². The highest BCUT2D eigenvalue weighted by Crippen LogP contribution is 2.35. The van der Waals surface area contributed by atoms with Crippen molar-refractivity contribution in [2.24, 2.45) is 5.10 Å². The Morgan fingerprint density at radius 1 is 0.891 bits per heavy atom. The number of para-hydroxylation sites is 1. The quantitative estimate of drug-likeness (QED) is 0.108. The molecule has 0 aliphatic heterocycles. The van der Waals surface area contributed by atoms with Gasteiger partial charge in [-0.25, -0.2) is 4.98 Å². The van der Waals surface area contributed by atoms with Crippen molar-refractivity contribution < 1.29 is 9.47 Å². The average Bonchev–Trinajstić information content (AvgIpc) is 3.04. The summed E-state index contributed by atoms with van der Waals surface area (Å²) in [6.07, 6.45) is 1.72. The van der Waals surface area contributed by atoms with E-state index in [-0.39, 0.29) is 11.5 Å². The van der Waals surface area contributed by atoms with E-state index in [2.05, 4.69) is 101 Å². The highest BCUT2D eigenvalue weighted by atomic mass is 127. The largest absolute Gasteiger partial charge is 0.494 e. The van der Waals surface area contributed by atoms with E-state index in [0.717, 1.165) is 46.5 Å². The van der Waals surface area contributed by atoms with Crippen LogP contribution >= 0.6 is 45.2 Å². The molecular formula is C38H33I2N3O3. The molecule has 0 fully saturated rings. The van der Waals surface area contributed by atoms with Crippen LogP contribution in [0.15, 0.2) is 101 Å². The summed E-state index contributed by atoms with van der Waals surface area (Å²) < 4.78 is 15.7. The van der Waals surface area contributed by atoms with Gasteiger partial charge < -0.3 is 9.47 Å². The fourth-order valence-corrected chi connectivity index (χ4v) is 7.69. The molecule has 1 heterocycles. The van der Waals surface area contributed by atoms with Gasteiger partial charge in [-0.05, 0) is 134 Å². The summed E-state index contributed by atoms with van der Waals surface area (Å²) in [5, 5.41) is 7.65. The number of benzene rings is 5. The van der Waals surface area contributed by atoms with E-state index >= 15 is 0 Å². The van der Waals surface area contributed by atoms with Crippen molar-refractivity contribution in [2.45, 2.75) is 40.2 Å². The Balaban J connectivity index is 1.38. The second-order valence-electron chi connectivity index (χ2n) is 11.3. The van der Waals surface area contributed by atoms with Gasteiger partial charge >= 0.3 is 0 Å². The van der Waals surface area contributed by atoms with Crippen LogP contribution in [0.2, 0.25) is 0 Å². The van der Waals surface area contributed by atoms with E-state index in [1.54, 1.807) is 12.3 Å². The molecule has 46 heavy (non-hydrogen) atoms. The molecule has 0 radical (unpaired) electrons. The van der Waals surface area contributed by atoms with Crippen molar-refractivity contribution in [1.82, 2.24) is 9.66 Å². The minimum absolute atomic E-state index is 0.218. The van der Waals surface area contributed by atoms with Crippen LogP contribution in [0.1, 0.15) is 48.9 Å². The topological polar surface area (TPSA) is 65.7 Å². The van der Waals surface area contributed by atoms with Crippen molar-refractivity contribution in [1.29, 1.82) is 0 Å². The summed E-state index contributed by atoms with van der Waals surface area (Å²) in [5.74, 6) is 2.38. The van der Waals surface area contributed by atoms with Crippen LogP contribution in [0.3, 0.4) is 0 Å². The number of rotatable bonds is 9. The van der Waals surface area contributed by atoms with Crippen LogP contribution in [0.25, 0.3) is 33.1 Å². The molecule has 6 rings (SSSR count). The summed E-state index contributed by atoms with van der Waals surface area (Å²) in [4.78, 5) is 18.9. The Morgan fingerprint density at radius 3 is 2.33 bits per heavy atom. The van der Waals surface area contributed by atoms with Gasteiger partial charge in [-0.3, -0.25) is 4.79 Å². The third kappa shape index (κ3) is 6.55. The van der Waals surface area contributed by atoms with E-state index in [1.807, 2.05) is 56.3 Å². The molecule has 0 aliphatic rings. The third-order valence-corrected chi connectivity index (χ3v) is 9.47. The normalized spacial score (nSPS) is 11.6. The van der Waals surface area contributed by atoms with Gasteiger partial charge in [-0.1, -0.05) is 68.4 Å². The zero-order valence-electron chi connectivity index (χ0n) is 26.1. The predicted molar refractivity (Wildman–Crippen MR) is 205 cm³/mol. The van der Waals surface area contributed by atoms with Crippen LogP contribution in [-0.4, -0.2) is 22.5 Å². The van der Waals surface area contributed by atoms with Crippen LogP contribution < -0.4 is 15.0 Å². The number of ether oxygens (including phenoxy) is 2. The maximum atomic E-state index is 13.9. The van der Waals surface area contributed by atoms with Crippen molar-refractivity contribution >= 4 is 73.1 Å². The maximum absolute atomic E-state index is 13.9. The lowest BCUT2D eigenvalue weighted by Crippen LogP contribution is -2.21. The van der Waals surface area contributed by atoms with Crippen LogP contribution in [0, 0.1) is 14.1 Å². The van der Waals surface area contributed by atoms with Gasteiger partial charge in [-0.2, -0.15) is 9.78 Å². The monoisotopic (exact) mass is 833 g/mol. The maximum Gasteiger partial charge on any atom is 0.282 e. The zero-order chi connectivity index (χ0) is 32.4. The van der Waals surface area contributed by atoms with Crippen molar-refractivity contribution in [3.8, 4) is 22.9 Å². The summed E-state index contributed by atoms with van der Waals surface area (Å²) >= 11 is 4.60. The Kier molecular flexibility index (Phi) is 9.74. The molecule has 0 atom stereocenters. The first kappa shape index (κ1) is 32.2. The lowest BCUT2D eigenvalue weighted by atomic mass is 9.96. The number of halogens is 2. The number of hydrogen-bond acceptors (Lipinski definition) is 5. The van der Waals surface area contributed by atoms with Gasteiger partial charge in [0, 0.05) is 5.56 Å². The second kappa shape index (κ2) is 13.9. The molecule has 0 aliphatic carbocycles. The molecule has 0 saturated heterocycles. The Labute approximate surface area is 295 Å². The molecule has 6 nitrogen and oxygen atoms in total. The number of aromatic nitrogens is 2. The smallest absolute Gasteiger partial charge is 0.282 e. The Hall–Kier alpha value is -3.77. The molecule has 0 N–H and O–H groups in total. The van der Waals surface area contributed by atoms with Crippen LogP contribution in [-0.2, 0) is 6.61 Å². The molecule has 0 amide bonds. The molecular weight excluding hydrogens is 800 g/mol. The lowest BCUT2D eigenvalue weighted by Gasteiger charge is -2.18. The van der Waals surface area contributed by atoms with E-state index in [1.165, 1.54) is 15.4 Å². The molecule has 1 aromatic heterocycles. The minimum atomic E-state index is -0.226. The van der Waals surface area contributed by atoms with Gasteiger partial charge in [-0.15, -0.1) is 0 Å². The lowest BCUT2D eigenvalue weighted by molar-refractivity contribution is 0.303. The third-order valence-electron chi connectivity index (χ3n) is 7.87. The van der Waals surface area contributed by atoms with E-state index in [0.29, 0.717) is 29.9 Å². The van der Waals surface area contributed by atoms with Gasteiger partial charge in [0.05, 0.1) is 30.9 Å². The summed E-state index contributed by atoms with van der Waals surface area (Å²) in [7, 11) is 0. The molecule has 0 spiro atoms. The van der Waals surface area contributed by atoms with E-state index in [4.69, 9.17) is 19.6 Å². The average molecular weight is 834 g/mol. The van der Waals surface area contributed by atoms with E-state index in [9.17, 15) is 4.79 Å². The molecule has 232 valence electrons. The molecule has 6 aromatic rings. The van der Waals surface area contributed by atoms with Gasteiger partial charge in [0.15, 0.2) is 5.82 Å². The van der Waals surface area contributed by atoms with Crippen LogP contribution in [0.5, 0.6) is 11.5 Å². The zero-order valence-corrected chi connectivity index (χ0v) is 30.4. The number of aryl methyl sites for hydroxylation is 1. The Bertz CT molecular complexity index is 2140. The minimum Gasteiger partial charge on any atom is -0.494 e. The Morgan fingerprint density at radius 2 is 1.59 bits per heavy atom. The number of fused-ring (bicyclic) bond motifs is 2. The first-order chi connectivity index (χ1) is 22.2. The van der Waals surface area contributed by atoms with Crippen molar-refractivity contribution in [3.05, 3.63) is 131 Å². The fraction of sp³-hybridized carbons (Fsp3) is 0.184. The van der Waals surface area contributed by atoms with E-state index < -0.39 is 0 Å². The highest BCUT2D eigenvalue weighted by molar-refractivity contribution is 14.1. The molecule has 8 heteroatoms. The SMILES string of the molecule is CCOc1cc(C)c(-c2nc3ccccc3c(=O)n2N=Cc2cc(I)c(OCc3cccc4ccccc34)c(I)c2)cc1C(C)C. The highest BCUT2D eigenvalue weighted by Gasteiger charge is 2.19. The summed E-state index contributed by atoms with van der Waals surface area (Å²) in [6, 6.07) is 30.2. The number of nitrogens with zero attached hydrogens (tertiary/aromatic N) is 3. The first-order valence-electron chi connectivity index (χ1n) is 15.2. The first-order valence-corrected chi connectivity index (χ1v) is 17.3. The molecule has 0 unspecified atom stereocenters. The number of hydrogen-bond donors (Lipinski definition) is 0. The fourth-order valence-electron chi connectivity index (χ4n) is 5.56. The second-order valence-corrected chi connectivity index (χ2v) is 13.7. The van der Waals surface area contributed by atoms with Gasteiger partial charge in [0.2, 0.25) is 0 Å². The van der Waals surface area contributed by atoms with Crippen LogP contribution in [0.4, 0.5) is 0 Å². The molecule has 0 bridgehead atoms. The molecule has 0 saturated carbocycles. The van der Waals surface area contributed by atoms with Crippen molar-refractivity contribution in [3.63, 3.8) is 0 Å². The summed E-state index contributed by atoms with van der Waals surface area (Å²) in [5.41, 5.74) is 5.24. The molecule has 5 aromatic carbocycles. The van der Waals surface area contributed by atoms with Gasteiger partial charge in [0.1, 0.15) is 18.1 Å².